The molecule has 0 saturated heterocycles. The zero-order valence-electron chi connectivity index (χ0n) is 10.8. The summed E-state index contributed by atoms with van der Waals surface area (Å²) in [5, 5.41) is 2.90. The molecule has 0 aromatic heterocycles. The summed E-state index contributed by atoms with van der Waals surface area (Å²) in [5.74, 6) is 0. The van der Waals surface area contributed by atoms with Gasteiger partial charge in [0.05, 0.1) is 0 Å². The van der Waals surface area contributed by atoms with E-state index in [2.05, 4.69) is 25.0 Å². The van der Waals surface area contributed by atoms with E-state index < -0.39 is 28.1 Å². The van der Waals surface area contributed by atoms with Gasteiger partial charge in [-0.25, -0.2) is 0 Å². The molecule has 0 saturated carbocycles. The van der Waals surface area contributed by atoms with Gasteiger partial charge in [-0.1, -0.05) is 20.5 Å². The molecule has 8 heteroatoms. The van der Waals surface area contributed by atoms with Crippen LogP contribution in [0.25, 0.3) is 0 Å². The second kappa shape index (κ2) is 11.6. The van der Waals surface area contributed by atoms with Crippen LogP contribution in [0.1, 0.15) is 13.8 Å². The van der Waals surface area contributed by atoms with Crippen LogP contribution in [-0.2, 0) is 8.23 Å². The zero-order chi connectivity index (χ0) is 12.4. The Kier molecular flexibility index (Phi) is 13.5. The molecule has 1 atom stereocenters. The van der Waals surface area contributed by atoms with Gasteiger partial charge in [-0.05, 0) is 34.3 Å². The Morgan fingerprint density at radius 1 is 1.35 bits per heavy atom. The standard InChI is InChI=1S/C8H24NO3PSi3.CH4/c1-13-8(10)9-6-5-7-16(4,11-14-2)12-15-3;/h13H,5-7,14-15H2,1-4H3,(H,9,10);1H4. The first-order chi connectivity index (χ1) is 7.58. The molecule has 0 heterocycles. The van der Waals surface area contributed by atoms with Crippen LogP contribution in [-0.4, -0.2) is 46.9 Å². The predicted molar refractivity (Wildman–Crippen MR) is 86.4 cm³/mol. The van der Waals surface area contributed by atoms with E-state index in [1.807, 2.05) is 6.66 Å². The Bertz CT molecular complexity index is 204. The van der Waals surface area contributed by atoms with Crippen molar-refractivity contribution in [1.29, 1.82) is 0 Å². The Morgan fingerprint density at radius 3 is 2.29 bits per heavy atom. The van der Waals surface area contributed by atoms with Crippen molar-refractivity contribution in [3.8, 4) is 0 Å². The summed E-state index contributed by atoms with van der Waals surface area (Å²) in [7, 11) is -2.30. The Labute approximate surface area is 114 Å². The number of carbonyl (C=O) groups excluding carboxylic acids is 1. The second-order valence-corrected chi connectivity index (χ2v) is 10.8. The van der Waals surface area contributed by atoms with Crippen molar-refractivity contribution in [2.45, 2.75) is 39.5 Å². The third kappa shape index (κ3) is 10.1. The highest BCUT2D eigenvalue weighted by Gasteiger charge is 2.28. The van der Waals surface area contributed by atoms with E-state index in [0.717, 1.165) is 19.0 Å². The molecule has 0 fully saturated rings. The Morgan fingerprint density at radius 2 is 1.88 bits per heavy atom. The first-order valence-electron chi connectivity index (χ1n) is 5.81. The van der Waals surface area contributed by atoms with E-state index in [0.29, 0.717) is 8.58 Å². The lowest BCUT2D eigenvalue weighted by Gasteiger charge is -2.27. The normalized spacial score (nSPS) is 15.8. The largest absolute Gasteiger partial charge is 0.442 e. The van der Waals surface area contributed by atoms with E-state index in [4.69, 9.17) is 8.23 Å². The monoisotopic (exact) mass is 313 g/mol. The lowest BCUT2D eigenvalue weighted by Crippen LogP contribution is -2.40. The Balaban J connectivity index is 0. The first kappa shape index (κ1) is 19.8. The minimum Gasteiger partial charge on any atom is -0.442 e. The summed E-state index contributed by atoms with van der Waals surface area (Å²) in [4.78, 5) is 11.1. The highest BCUT2D eigenvalue weighted by atomic mass is 31.1. The van der Waals surface area contributed by atoms with E-state index in [1.54, 1.807) is 0 Å². The lowest BCUT2D eigenvalue weighted by atomic mass is 10.5. The fraction of sp³-hybridized carbons (Fsp3) is 0.889. The minimum atomic E-state index is -1.86. The molecule has 1 N–H and O–H groups in total. The van der Waals surface area contributed by atoms with Gasteiger partial charge in [-0.3, -0.25) is 4.79 Å². The van der Waals surface area contributed by atoms with Gasteiger partial charge in [0.1, 0.15) is 19.5 Å². The van der Waals surface area contributed by atoms with Gasteiger partial charge in [-0.15, -0.1) is 0 Å². The van der Waals surface area contributed by atoms with Crippen LogP contribution in [0.3, 0.4) is 0 Å². The number of rotatable bonds is 9. The molecule has 0 aliphatic rings. The van der Waals surface area contributed by atoms with Crippen LogP contribution in [0.4, 0.5) is 4.79 Å². The molecule has 4 nitrogen and oxygen atoms in total. The molecule has 0 spiro atoms. The molecule has 1 amide bonds. The van der Waals surface area contributed by atoms with Gasteiger partial charge in [0, 0.05) is 6.54 Å². The molecule has 0 radical (unpaired) electrons. The number of amides is 1. The van der Waals surface area contributed by atoms with E-state index in [1.165, 1.54) is 0 Å². The summed E-state index contributed by atoms with van der Waals surface area (Å²) in [5.41, 5.74) is 0.153. The topological polar surface area (TPSA) is 47.6 Å². The van der Waals surface area contributed by atoms with Crippen LogP contribution in [0.2, 0.25) is 25.7 Å². The Hall–Kier alpha value is 0.471. The van der Waals surface area contributed by atoms with Gasteiger partial charge in [0.2, 0.25) is 5.65 Å². The molecule has 0 aliphatic carbocycles. The fourth-order valence-electron chi connectivity index (χ4n) is 1.50. The molecular weight excluding hydrogens is 285 g/mol. The molecule has 0 aliphatic heterocycles. The van der Waals surface area contributed by atoms with Crippen LogP contribution >= 0.6 is 8.58 Å². The maximum absolute atomic E-state index is 11.1. The minimum absolute atomic E-state index is 0. The molecule has 1 unspecified atom stereocenters. The van der Waals surface area contributed by atoms with Crippen molar-refractivity contribution in [1.82, 2.24) is 5.32 Å². The van der Waals surface area contributed by atoms with Gasteiger partial charge >= 0.3 is 8.56 Å². The number of hydrogen-bond donors (Lipinski definition) is 1. The average molecular weight is 314 g/mol. The van der Waals surface area contributed by atoms with Crippen molar-refractivity contribution in [2.24, 2.45) is 0 Å². The first-order valence-corrected chi connectivity index (χ1v) is 13.8. The van der Waals surface area contributed by atoms with Crippen LogP contribution in [0.5, 0.6) is 0 Å². The SMILES string of the molecule is C.C[SiH2]O[Si](C)(CCCNC(=O)PC)O[SiH2]C. The van der Waals surface area contributed by atoms with Crippen LogP contribution < -0.4 is 5.32 Å². The maximum atomic E-state index is 11.1. The van der Waals surface area contributed by atoms with Crippen molar-refractivity contribution >= 4 is 42.3 Å². The lowest BCUT2D eigenvalue weighted by molar-refractivity contribution is 0.260. The third-order valence-electron chi connectivity index (χ3n) is 2.22. The molecule has 0 aromatic rings. The molecular formula is C9H28NO3PSi3. The summed E-state index contributed by atoms with van der Waals surface area (Å²) in [6, 6.07) is 1.00. The van der Waals surface area contributed by atoms with E-state index >= 15 is 0 Å². The van der Waals surface area contributed by atoms with Gasteiger partial charge in [0.15, 0.2) is 0 Å². The molecule has 0 aromatic carbocycles. The quantitative estimate of drug-likeness (QED) is 0.398. The zero-order valence-corrected chi connectivity index (χ0v) is 15.6. The molecule has 0 bridgehead atoms. The average Bonchev–Trinajstić information content (AvgIpc) is 2.25. The number of hydrogen-bond acceptors (Lipinski definition) is 3. The highest BCUT2D eigenvalue weighted by molar-refractivity contribution is 7.56. The smallest absolute Gasteiger partial charge is 0.313 e. The van der Waals surface area contributed by atoms with Gasteiger partial charge in [-0.2, -0.15) is 0 Å². The molecule has 0 rings (SSSR count). The van der Waals surface area contributed by atoms with E-state index in [9.17, 15) is 4.79 Å². The fourth-order valence-corrected chi connectivity index (χ4v) is 9.74. The van der Waals surface area contributed by atoms with Crippen LogP contribution in [0, 0.1) is 0 Å². The van der Waals surface area contributed by atoms with Crippen molar-refractivity contribution in [2.75, 3.05) is 13.2 Å². The van der Waals surface area contributed by atoms with Crippen molar-refractivity contribution in [3.63, 3.8) is 0 Å². The molecule has 104 valence electrons. The second-order valence-electron chi connectivity index (χ2n) is 3.61. The number of carbonyl (C=O) groups is 1. The summed E-state index contributed by atoms with van der Waals surface area (Å²) in [6.45, 7) is 9.10. The summed E-state index contributed by atoms with van der Waals surface area (Å²) < 4.78 is 11.8. The van der Waals surface area contributed by atoms with Gasteiger partial charge in [0.25, 0.3) is 0 Å². The molecule has 17 heavy (non-hydrogen) atoms. The van der Waals surface area contributed by atoms with Crippen molar-refractivity contribution in [3.05, 3.63) is 0 Å². The summed E-state index contributed by atoms with van der Waals surface area (Å²) in [6.07, 6.45) is 0.974. The summed E-state index contributed by atoms with van der Waals surface area (Å²) >= 11 is 0. The third-order valence-corrected chi connectivity index (χ3v) is 11.3. The number of nitrogens with one attached hydrogen (secondary N) is 1. The maximum Gasteiger partial charge on any atom is 0.313 e. The highest BCUT2D eigenvalue weighted by Crippen LogP contribution is 2.14. The van der Waals surface area contributed by atoms with Crippen LogP contribution in [0.15, 0.2) is 0 Å². The van der Waals surface area contributed by atoms with Crippen molar-refractivity contribution < 1.29 is 13.0 Å². The van der Waals surface area contributed by atoms with E-state index in [-0.39, 0.29) is 13.1 Å². The predicted octanol–water partition coefficient (Wildman–Crippen LogP) is 1.40. The van der Waals surface area contributed by atoms with Gasteiger partial charge < -0.3 is 13.5 Å².